The first-order valence-electron chi connectivity index (χ1n) is 16.3. The lowest BCUT2D eigenvalue weighted by molar-refractivity contribution is -0.190. The Bertz CT molecular complexity index is 1140. The number of carbonyl (C=O) groups is 3. The molecule has 4 N–H and O–H groups in total. The van der Waals surface area contributed by atoms with E-state index in [2.05, 4.69) is 24.5 Å². The normalized spacial score (nSPS) is 20.4. The molecule has 1 aromatic carbocycles. The van der Waals surface area contributed by atoms with Crippen LogP contribution in [0, 0.1) is 0 Å². The first kappa shape index (κ1) is 36.2. The molecule has 11 heteroatoms. The van der Waals surface area contributed by atoms with E-state index in [9.17, 15) is 14.4 Å². The van der Waals surface area contributed by atoms with Crippen LogP contribution in [0.2, 0.25) is 0 Å². The van der Waals surface area contributed by atoms with Gasteiger partial charge in [0.1, 0.15) is 24.9 Å². The Morgan fingerprint density at radius 1 is 1.00 bits per heavy atom. The van der Waals surface area contributed by atoms with Crippen molar-refractivity contribution in [2.45, 2.75) is 102 Å². The maximum atomic E-state index is 13.4. The van der Waals surface area contributed by atoms with Crippen molar-refractivity contribution in [3.8, 4) is 0 Å². The van der Waals surface area contributed by atoms with Crippen molar-refractivity contribution in [1.82, 2.24) is 10.6 Å². The van der Waals surface area contributed by atoms with Gasteiger partial charge in [-0.25, -0.2) is 4.79 Å². The summed E-state index contributed by atoms with van der Waals surface area (Å²) in [6.45, 7) is 4.47. The molecule has 0 saturated carbocycles. The highest BCUT2D eigenvalue weighted by molar-refractivity contribution is 5.94. The number of aliphatic hydroxyl groups excluding tert-OH is 2. The predicted octanol–water partition coefficient (Wildman–Crippen LogP) is 3.78. The summed E-state index contributed by atoms with van der Waals surface area (Å²) in [5.74, 6) is -2.01. The topological polar surface area (TPSA) is 153 Å². The van der Waals surface area contributed by atoms with Gasteiger partial charge < -0.3 is 39.8 Å². The van der Waals surface area contributed by atoms with E-state index in [0.29, 0.717) is 24.0 Å². The van der Waals surface area contributed by atoms with Gasteiger partial charge in [0.15, 0.2) is 5.79 Å². The fraction of sp³-hybridized carbons (Fsp3) is 0.618. The molecule has 1 aliphatic heterocycles. The van der Waals surface area contributed by atoms with Gasteiger partial charge in [-0.05, 0) is 42.7 Å². The van der Waals surface area contributed by atoms with Gasteiger partial charge in [0.05, 0.1) is 25.0 Å². The van der Waals surface area contributed by atoms with Gasteiger partial charge in [0.2, 0.25) is 11.8 Å². The Labute approximate surface area is 266 Å². The van der Waals surface area contributed by atoms with Gasteiger partial charge >= 0.3 is 5.97 Å². The largest absolute Gasteiger partial charge is 0.499 e. The van der Waals surface area contributed by atoms with Gasteiger partial charge in [0, 0.05) is 44.3 Å². The van der Waals surface area contributed by atoms with Crippen molar-refractivity contribution >= 4 is 23.9 Å². The highest BCUT2D eigenvalue weighted by Crippen LogP contribution is 2.43. The number of hydrogen-bond acceptors (Lipinski definition) is 9. The number of fused-ring (bicyclic) bond motifs is 1. The van der Waals surface area contributed by atoms with E-state index in [1.54, 1.807) is 30.4 Å². The number of benzene rings is 1. The number of ether oxygens (including phenoxy) is 4. The van der Waals surface area contributed by atoms with Crippen LogP contribution in [0.4, 0.5) is 0 Å². The lowest BCUT2D eigenvalue weighted by atomic mass is 9.91. The lowest BCUT2D eigenvalue weighted by Gasteiger charge is -2.31. The van der Waals surface area contributed by atoms with Crippen LogP contribution in [0.25, 0.3) is 6.08 Å². The molecule has 0 unspecified atom stereocenters. The third-order valence-corrected chi connectivity index (χ3v) is 7.81. The summed E-state index contributed by atoms with van der Waals surface area (Å²) >= 11 is 0. The van der Waals surface area contributed by atoms with E-state index >= 15 is 0 Å². The molecule has 45 heavy (non-hydrogen) atoms. The zero-order valence-electron chi connectivity index (χ0n) is 26.6. The van der Waals surface area contributed by atoms with E-state index in [4.69, 9.17) is 29.2 Å². The number of amides is 2. The first-order chi connectivity index (χ1) is 21.8. The second-order valence-electron chi connectivity index (χ2n) is 11.4. The number of rotatable bonds is 20. The molecule has 1 fully saturated rings. The van der Waals surface area contributed by atoms with Crippen molar-refractivity contribution in [3.05, 3.63) is 53.3 Å². The fourth-order valence-electron chi connectivity index (χ4n) is 5.51. The zero-order valence-corrected chi connectivity index (χ0v) is 26.6. The predicted molar refractivity (Wildman–Crippen MR) is 169 cm³/mol. The summed E-state index contributed by atoms with van der Waals surface area (Å²) in [6.07, 6.45) is 10.7. The minimum Gasteiger partial charge on any atom is -0.499 e. The highest BCUT2D eigenvalue weighted by Gasteiger charge is 2.52. The molecule has 1 saturated heterocycles. The quantitative estimate of drug-likeness (QED) is 0.0958. The van der Waals surface area contributed by atoms with Crippen LogP contribution in [-0.2, 0) is 28.5 Å². The lowest BCUT2D eigenvalue weighted by Crippen LogP contribution is -2.44. The average Bonchev–Trinajstić information content (AvgIpc) is 3.41. The molecular formula is C34H50N2O9. The Balaban J connectivity index is 1.79. The third kappa shape index (κ3) is 11.6. The summed E-state index contributed by atoms with van der Waals surface area (Å²) in [4.78, 5) is 38.6. The van der Waals surface area contributed by atoms with Crippen LogP contribution in [0.3, 0.4) is 0 Å². The molecule has 1 aromatic rings. The second-order valence-corrected chi connectivity index (χ2v) is 11.4. The standard InChI is InChI=1S/C34H50N2O9/c1-3-5-7-14-34(15-8-6-4-2)44-29-24-27(32(40)36-16-12-30(39)35-17-18-37)23-28(31(29)45-34)43-33(41)26-11-9-10-25(22-26)13-20-42-21-19-38/h9-11,13,20,22,24,28-29,31,37-38H,3-8,12,14-19,21,23H2,1-2H3,(H,35,39)(H,36,40)/t28-,29-,31+/m1/s1. The summed E-state index contributed by atoms with van der Waals surface area (Å²) in [7, 11) is 0. The Hall–Kier alpha value is -3.25. The van der Waals surface area contributed by atoms with E-state index in [0.717, 1.165) is 44.1 Å². The summed E-state index contributed by atoms with van der Waals surface area (Å²) in [5.41, 5.74) is 1.46. The Morgan fingerprint density at radius 2 is 1.76 bits per heavy atom. The molecule has 2 aliphatic rings. The molecule has 2 amide bonds. The summed E-state index contributed by atoms with van der Waals surface area (Å²) < 4.78 is 24.5. The van der Waals surface area contributed by atoms with Gasteiger partial charge in [0.25, 0.3) is 0 Å². The molecular weight excluding hydrogens is 580 g/mol. The van der Waals surface area contributed by atoms with Gasteiger partial charge in [-0.3, -0.25) is 9.59 Å². The highest BCUT2D eigenvalue weighted by atomic mass is 16.8. The smallest absolute Gasteiger partial charge is 0.338 e. The SMILES string of the molecule is CCCCCC1(CCCCC)O[C@@H]2[C@@H](C=C(C(=O)NCCC(=O)NCCO)C[C@H]2OC(=O)c2cccc(C=COCCO)c2)O1. The summed E-state index contributed by atoms with van der Waals surface area (Å²) in [6, 6.07) is 6.89. The van der Waals surface area contributed by atoms with E-state index in [1.165, 1.54) is 6.26 Å². The molecule has 3 rings (SSSR count). The van der Waals surface area contributed by atoms with E-state index in [-0.39, 0.29) is 57.6 Å². The number of nitrogens with one attached hydrogen (secondary N) is 2. The maximum Gasteiger partial charge on any atom is 0.338 e. The van der Waals surface area contributed by atoms with Crippen LogP contribution >= 0.6 is 0 Å². The molecule has 0 bridgehead atoms. The van der Waals surface area contributed by atoms with Crippen molar-refractivity contribution in [1.29, 1.82) is 0 Å². The monoisotopic (exact) mass is 630 g/mol. The maximum absolute atomic E-state index is 13.4. The summed E-state index contributed by atoms with van der Waals surface area (Å²) in [5, 5.41) is 23.1. The fourth-order valence-corrected chi connectivity index (χ4v) is 5.51. The van der Waals surface area contributed by atoms with Crippen molar-refractivity contribution in [3.63, 3.8) is 0 Å². The molecule has 1 aliphatic carbocycles. The average molecular weight is 631 g/mol. The minimum absolute atomic E-state index is 0.0664. The number of hydrogen-bond donors (Lipinski definition) is 4. The Morgan fingerprint density at radius 3 is 2.44 bits per heavy atom. The van der Waals surface area contributed by atoms with Crippen molar-refractivity contribution in [2.75, 3.05) is 32.9 Å². The molecule has 0 aromatic heterocycles. The van der Waals surface area contributed by atoms with Crippen LogP contribution in [-0.4, -0.2) is 85.0 Å². The molecule has 11 nitrogen and oxygen atoms in total. The van der Waals surface area contributed by atoms with Crippen LogP contribution in [0.1, 0.15) is 94.0 Å². The molecule has 3 atom stereocenters. The molecule has 250 valence electrons. The number of aliphatic hydroxyl groups is 2. The van der Waals surface area contributed by atoms with E-state index in [1.807, 2.05) is 6.07 Å². The van der Waals surface area contributed by atoms with Gasteiger partial charge in [-0.1, -0.05) is 51.7 Å². The van der Waals surface area contributed by atoms with Gasteiger partial charge in [-0.2, -0.15) is 0 Å². The third-order valence-electron chi connectivity index (χ3n) is 7.81. The van der Waals surface area contributed by atoms with Crippen LogP contribution in [0.5, 0.6) is 0 Å². The molecule has 0 radical (unpaired) electrons. The van der Waals surface area contributed by atoms with Crippen molar-refractivity contribution in [2.24, 2.45) is 0 Å². The number of carbonyl (C=O) groups excluding carboxylic acids is 3. The minimum atomic E-state index is -0.823. The second kappa shape index (κ2) is 19.3. The van der Waals surface area contributed by atoms with Crippen LogP contribution in [0.15, 0.2) is 42.2 Å². The Kier molecular flexibility index (Phi) is 15.5. The van der Waals surface area contributed by atoms with E-state index < -0.39 is 30.1 Å². The van der Waals surface area contributed by atoms with Gasteiger partial charge in [-0.15, -0.1) is 0 Å². The van der Waals surface area contributed by atoms with Crippen molar-refractivity contribution < 1.29 is 43.5 Å². The van der Waals surface area contributed by atoms with Crippen LogP contribution < -0.4 is 10.6 Å². The first-order valence-corrected chi connectivity index (χ1v) is 16.3. The zero-order chi connectivity index (χ0) is 32.5. The molecule has 1 heterocycles. The number of unbranched alkanes of at least 4 members (excludes halogenated alkanes) is 4. The molecule has 0 spiro atoms. The number of esters is 1.